The molecule has 0 aliphatic rings. The summed E-state index contributed by atoms with van der Waals surface area (Å²) >= 11 is 0. The van der Waals surface area contributed by atoms with Crippen LogP contribution >= 0.6 is 0 Å². The minimum atomic E-state index is -0.197. The number of imidazole rings is 1. The first kappa shape index (κ1) is 14.7. The molecule has 0 saturated carbocycles. The molecule has 2 aromatic carbocycles. The summed E-state index contributed by atoms with van der Waals surface area (Å²) in [6, 6.07) is 9.03. The maximum absolute atomic E-state index is 13.3. The minimum Gasteiger partial charge on any atom is -0.341 e. The fourth-order valence-corrected chi connectivity index (χ4v) is 2.59. The van der Waals surface area contributed by atoms with Crippen molar-refractivity contribution < 1.29 is 4.39 Å². The number of aromatic nitrogens is 2. The van der Waals surface area contributed by atoms with Gasteiger partial charge in [-0.05, 0) is 61.2 Å². The summed E-state index contributed by atoms with van der Waals surface area (Å²) in [5.74, 6) is 0.704. The predicted octanol–water partition coefficient (Wildman–Crippen LogP) is 3.92. The average Bonchev–Trinajstić information content (AvgIpc) is 2.90. The maximum atomic E-state index is 13.3. The molecule has 1 heterocycles. The molecular weight excluding hydrogens is 277 g/mol. The van der Waals surface area contributed by atoms with Crippen LogP contribution in [0.5, 0.6) is 0 Å². The zero-order valence-electron chi connectivity index (χ0n) is 13.1. The topological polar surface area (TPSA) is 40.7 Å². The number of hydrogen-bond acceptors (Lipinski definition) is 2. The summed E-state index contributed by atoms with van der Waals surface area (Å²) in [7, 11) is 0. The van der Waals surface area contributed by atoms with E-state index in [1.54, 1.807) is 12.1 Å². The molecule has 2 N–H and O–H groups in total. The predicted molar refractivity (Wildman–Crippen MR) is 87.2 cm³/mol. The van der Waals surface area contributed by atoms with Crippen LogP contribution in [-0.2, 0) is 13.1 Å². The Labute approximate surface area is 129 Å². The van der Waals surface area contributed by atoms with Gasteiger partial charge in [-0.1, -0.05) is 12.1 Å². The van der Waals surface area contributed by atoms with Gasteiger partial charge in [0, 0.05) is 6.54 Å². The van der Waals surface area contributed by atoms with Gasteiger partial charge in [0.15, 0.2) is 0 Å². The van der Waals surface area contributed by atoms with Crippen molar-refractivity contribution >= 4 is 11.0 Å². The summed E-state index contributed by atoms with van der Waals surface area (Å²) in [4.78, 5) is 7.98. The third kappa shape index (κ3) is 2.88. The van der Waals surface area contributed by atoms with Gasteiger partial charge in [0.05, 0.1) is 17.6 Å². The zero-order valence-corrected chi connectivity index (χ0v) is 13.1. The number of aromatic amines is 1. The first-order valence-corrected chi connectivity index (χ1v) is 7.45. The summed E-state index contributed by atoms with van der Waals surface area (Å²) in [5.41, 5.74) is 6.60. The summed E-state index contributed by atoms with van der Waals surface area (Å²) in [6.07, 6.45) is 0. The molecule has 0 spiro atoms. The monoisotopic (exact) mass is 297 g/mol. The number of aryl methyl sites for hydroxylation is 3. The highest BCUT2D eigenvalue weighted by Crippen LogP contribution is 2.19. The van der Waals surface area contributed by atoms with E-state index in [4.69, 9.17) is 0 Å². The van der Waals surface area contributed by atoms with Crippen molar-refractivity contribution in [3.63, 3.8) is 0 Å². The van der Waals surface area contributed by atoms with E-state index in [0.717, 1.165) is 28.0 Å². The molecule has 0 saturated heterocycles. The van der Waals surface area contributed by atoms with Crippen LogP contribution in [0, 0.1) is 26.6 Å². The molecule has 0 radical (unpaired) electrons. The van der Waals surface area contributed by atoms with Gasteiger partial charge in [-0.15, -0.1) is 0 Å². The first-order chi connectivity index (χ1) is 10.5. The number of hydrogen-bond donors (Lipinski definition) is 2. The molecule has 1 aromatic heterocycles. The number of H-pyrrole nitrogens is 1. The molecule has 0 amide bonds. The van der Waals surface area contributed by atoms with Gasteiger partial charge in [0.1, 0.15) is 11.6 Å². The van der Waals surface area contributed by atoms with Gasteiger partial charge in [-0.2, -0.15) is 0 Å². The van der Waals surface area contributed by atoms with E-state index in [0.29, 0.717) is 13.1 Å². The lowest BCUT2D eigenvalue weighted by Crippen LogP contribution is -2.14. The van der Waals surface area contributed by atoms with Crippen molar-refractivity contribution in [1.29, 1.82) is 0 Å². The van der Waals surface area contributed by atoms with E-state index in [2.05, 4.69) is 41.3 Å². The van der Waals surface area contributed by atoms with E-state index in [9.17, 15) is 4.39 Å². The zero-order chi connectivity index (χ0) is 15.7. The maximum Gasteiger partial charge on any atom is 0.123 e. The molecule has 4 heteroatoms. The van der Waals surface area contributed by atoms with Crippen molar-refractivity contribution in [3.8, 4) is 0 Å². The molecule has 3 aromatic rings. The normalized spacial score (nSPS) is 11.3. The van der Waals surface area contributed by atoms with Crippen LogP contribution in [0.3, 0.4) is 0 Å². The smallest absolute Gasteiger partial charge is 0.123 e. The standard InChI is InChI=1S/C18H20FN3/c1-11-5-7-16-18(13(11)3)22-17(21-16)10-20-9-14-8-15(19)6-4-12(14)2/h4-8,20H,9-10H2,1-3H3,(H,21,22). The van der Waals surface area contributed by atoms with Crippen molar-refractivity contribution in [1.82, 2.24) is 15.3 Å². The van der Waals surface area contributed by atoms with E-state index in [-0.39, 0.29) is 5.82 Å². The van der Waals surface area contributed by atoms with Crippen LogP contribution in [0.1, 0.15) is 28.1 Å². The van der Waals surface area contributed by atoms with Gasteiger partial charge < -0.3 is 10.3 Å². The van der Waals surface area contributed by atoms with Crippen molar-refractivity contribution in [2.45, 2.75) is 33.9 Å². The summed E-state index contributed by atoms with van der Waals surface area (Å²) in [6.45, 7) is 7.42. The summed E-state index contributed by atoms with van der Waals surface area (Å²) in [5, 5.41) is 3.32. The molecule has 0 fully saturated rings. The highest BCUT2D eigenvalue weighted by Gasteiger charge is 2.07. The number of nitrogens with zero attached hydrogens (tertiary/aromatic N) is 1. The van der Waals surface area contributed by atoms with Gasteiger partial charge in [0.25, 0.3) is 0 Å². The van der Waals surface area contributed by atoms with Gasteiger partial charge >= 0.3 is 0 Å². The quantitative estimate of drug-likeness (QED) is 0.766. The van der Waals surface area contributed by atoms with E-state index in [1.165, 1.54) is 17.2 Å². The second-order valence-corrected chi connectivity index (χ2v) is 5.76. The first-order valence-electron chi connectivity index (χ1n) is 7.45. The Morgan fingerprint density at radius 1 is 1.05 bits per heavy atom. The largest absolute Gasteiger partial charge is 0.341 e. The average molecular weight is 297 g/mol. The third-order valence-electron chi connectivity index (χ3n) is 4.15. The van der Waals surface area contributed by atoms with E-state index in [1.807, 2.05) is 6.92 Å². The second-order valence-electron chi connectivity index (χ2n) is 5.76. The SMILES string of the molecule is Cc1ccc(F)cc1CNCc1nc2c(C)c(C)ccc2[nH]1. The molecule has 0 aliphatic carbocycles. The highest BCUT2D eigenvalue weighted by atomic mass is 19.1. The number of benzene rings is 2. The van der Waals surface area contributed by atoms with Crippen LogP contribution in [0.15, 0.2) is 30.3 Å². The Morgan fingerprint density at radius 3 is 2.64 bits per heavy atom. The molecule has 0 aliphatic heterocycles. The van der Waals surface area contributed by atoms with Crippen LogP contribution in [-0.4, -0.2) is 9.97 Å². The lowest BCUT2D eigenvalue weighted by Gasteiger charge is -2.06. The summed E-state index contributed by atoms with van der Waals surface area (Å²) < 4.78 is 13.3. The Morgan fingerprint density at radius 2 is 1.82 bits per heavy atom. The van der Waals surface area contributed by atoms with Crippen molar-refractivity contribution in [2.75, 3.05) is 0 Å². The third-order valence-corrected chi connectivity index (χ3v) is 4.15. The lowest BCUT2D eigenvalue weighted by atomic mass is 10.1. The highest BCUT2D eigenvalue weighted by molar-refractivity contribution is 5.79. The minimum absolute atomic E-state index is 0.197. The van der Waals surface area contributed by atoms with Crippen molar-refractivity contribution in [3.05, 3.63) is 64.2 Å². The number of nitrogens with one attached hydrogen (secondary N) is 2. The molecule has 0 unspecified atom stereocenters. The number of halogens is 1. The fourth-order valence-electron chi connectivity index (χ4n) is 2.59. The molecular formula is C18H20FN3. The Hall–Kier alpha value is -2.20. The Bertz CT molecular complexity index is 821. The molecule has 3 rings (SSSR count). The molecule has 22 heavy (non-hydrogen) atoms. The van der Waals surface area contributed by atoms with E-state index >= 15 is 0 Å². The van der Waals surface area contributed by atoms with Gasteiger partial charge in [-0.3, -0.25) is 0 Å². The Kier molecular flexibility index (Phi) is 3.94. The molecule has 0 atom stereocenters. The van der Waals surface area contributed by atoms with Crippen LogP contribution < -0.4 is 5.32 Å². The van der Waals surface area contributed by atoms with E-state index < -0.39 is 0 Å². The van der Waals surface area contributed by atoms with Crippen molar-refractivity contribution in [2.24, 2.45) is 0 Å². The number of fused-ring (bicyclic) bond motifs is 1. The molecule has 114 valence electrons. The molecule has 0 bridgehead atoms. The van der Waals surface area contributed by atoms with Crippen LogP contribution in [0.25, 0.3) is 11.0 Å². The van der Waals surface area contributed by atoms with Gasteiger partial charge in [-0.25, -0.2) is 9.37 Å². The second kappa shape index (κ2) is 5.89. The van der Waals surface area contributed by atoms with Gasteiger partial charge in [0.2, 0.25) is 0 Å². The fraction of sp³-hybridized carbons (Fsp3) is 0.278. The van der Waals surface area contributed by atoms with Crippen LogP contribution in [0.4, 0.5) is 4.39 Å². The number of rotatable bonds is 4. The lowest BCUT2D eigenvalue weighted by molar-refractivity contribution is 0.617. The Balaban J connectivity index is 1.72. The van der Waals surface area contributed by atoms with Crippen LogP contribution in [0.2, 0.25) is 0 Å². The molecule has 3 nitrogen and oxygen atoms in total.